The first kappa shape index (κ1) is 25.4. The summed E-state index contributed by atoms with van der Waals surface area (Å²) in [6.45, 7) is 3.71. The number of hydrogen-bond donors (Lipinski definition) is 2. The summed E-state index contributed by atoms with van der Waals surface area (Å²) in [5, 5.41) is 15.0. The van der Waals surface area contributed by atoms with Crippen LogP contribution in [0.25, 0.3) is 21.9 Å². The zero-order valence-corrected chi connectivity index (χ0v) is 21.6. The quantitative estimate of drug-likeness (QED) is 0.280. The maximum atomic E-state index is 13.6. The summed E-state index contributed by atoms with van der Waals surface area (Å²) in [6, 6.07) is 16.3. The van der Waals surface area contributed by atoms with Crippen molar-refractivity contribution in [2.75, 3.05) is 6.54 Å². The molecule has 5 rings (SSSR count). The maximum absolute atomic E-state index is 13.6. The van der Waals surface area contributed by atoms with Crippen LogP contribution in [0.2, 0.25) is 0 Å². The zero-order valence-electron chi connectivity index (χ0n) is 21.6. The molecule has 1 saturated heterocycles. The van der Waals surface area contributed by atoms with Gasteiger partial charge in [-0.05, 0) is 53.4 Å². The minimum Gasteiger partial charge on any atom is -0.494 e. The SMILES string of the molecule is CC#CCN1C(=O)NC(=O)[C@]1(Cn1cc2cc(COC#CC)ccc2c1O)c1ccc(-c2ccncc2)cc1. The Morgan fingerprint density at radius 3 is 2.46 bits per heavy atom. The number of urea groups is 1. The zero-order chi connectivity index (χ0) is 27.4. The second-order valence-electron chi connectivity index (χ2n) is 9.09. The number of nitrogens with one attached hydrogen (secondary N) is 1. The lowest BCUT2D eigenvalue weighted by atomic mass is 9.87. The minimum absolute atomic E-state index is 0.00715. The van der Waals surface area contributed by atoms with Crippen LogP contribution in [0.1, 0.15) is 25.0 Å². The number of carbonyl (C=O) groups is 2. The minimum atomic E-state index is -1.44. The van der Waals surface area contributed by atoms with Gasteiger partial charge in [0.1, 0.15) is 12.7 Å². The molecule has 2 aromatic carbocycles. The predicted molar refractivity (Wildman–Crippen MR) is 147 cm³/mol. The van der Waals surface area contributed by atoms with E-state index in [9.17, 15) is 14.7 Å². The monoisotopic (exact) mass is 518 g/mol. The average molecular weight is 519 g/mol. The molecule has 194 valence electrons. The predicted octanol–water partition coefficient (Wildman–Crippen LogP) is 4.38. The van der Waals surface area contributed by atoms with Gasteiger partial charge >= 0.3 is 6.03 Å². The van der Waals surface area contributed by atoms with Crippen molar-refractivity contribution in [1.29, 1.82) is 0 Å². The van der Waals surface area contributed by atoms with Crippen molar-refractivity contribution in [3.8, 4) is 40.9 Å². The first-order valence-electron chi connectivity index (χ1n) is 12.4. The van der Waals surface area contributed by atoms with Crippen LogP contribution in [-0.2, 0) is 28.2 Å². The highest BCUT2D eigenvalue weighted by atomic mass is 16.5. The van der Waals surface area contributed by atoms with Gasteiger partial charge in [-0.25, -0.2) is 4.79 Å². The van der Waals surface area contributed by atoms with E-state index >= 15 is 0 Å². The van der Waals surface area contributed by atoms with Crippen LogP contribution in [0.5, 0.6) is 5.88 Å². The molecule has 1 aliphatic rings. The lowest BCUT2D eigenvalue weighted by molar-refractivity contribution is -0.127. The molecule has 39 heavy (non-hydrogen) atoms. The van der Waals surface area contributed by atoms with E-state index in [4.69, 9.17) is 4.74 Å². The van der Waals surface area contributed by atoms with E-state index in [1.807, 2.05) is 48.5 Å². The van der Waals surface area contributed by atoms with E-state index in [2.05, 4.69) is 34.2 Å². The molecule has 8 heteroatoms. The molecule has 2 aromatic heterocycles. The van der Waals surface area contributed by atoms with Crippen LogP contribution in [0.4, 0.5) is 4.79 Å². The number of imide groups is 1. The molecule has 0 bridgehead atoms. The number of aromatic nitrogens is 2. The second kappa shape index (κ2) is 10.6. The van der Waals surface area contributed by atoms with Gasteiger partial charge in [-0.3, -0.25) is 20.0 Å². The smallest absolute Gasteiger partial charge is 0.326 e. The number of rotatable bonds is 7. The first-order valence-corrected chi connectivity index (χ1v) is 12.4. The molecule has 0 saturated carbocycles. The third kappa shape index (κ3) is 4.65. The molecule has 1 atom stereocenters. The summed E-state index contributed by atoms with van der Waals surface area (Å²) in [5.41, 5.74) is 1.97. The first-order chi connectivity index (χ1) is 19.0. The molecule has 1 aliphatic heterocycles. The Labute approximate surface area is 226 Å². The highest BCUT2D eigenvalue weighted by Crippen LogP contribution is 2.39. The van der Waals surface area contributed by atoms with Gasteiger partial charge in [0.25, 0.3) is 5.91 Å². The second-order valence-corrected chi connectivity index (χ2v) is 9.09. The third-order valence-electron chi connectivity index (χ3n) is 6.83. The van der Waals surface area contributed by atoms with Crippen LogP contribution in [-0.4, -0.2) is 38.0 Å². The van der Waals surface area contributed by atoms with Crippen molar-refractivity contribution >= 4 is 22.7 Å². The molecule has 8 nitrogen and oxygen atoms in total. The molecule has 4 aromatic rings. The van der Waals surface area contributed by atoms with Crippen LogP contribution in [0.15, 0.2) is 73.2 Å². The number of benzene rings is 2. The van der Waals surface area contributed by atoms with E-state index < -0.39 is 17.5 Å². The van der Waals surface area contributed by atoms with E-state index in [1.54, 1.807) is 43.1 Å². The van der Waals surface area contributed by atoms with Crippen molar-refractivity contribution in [3.63, 3.8) is 0 Å². The number of fused-ring (bicyclic) bond motifs is 1. The number of ether oxygens (including phenoxy) is 1. The highest BCUT2D eigenvalue weighted by Gasteiger charge is 2.54. The van der Waals surface area contributed by atoms with E-state index in [0.29, 0.717) is 17.6 Å². The summed E-state index contributed by atoms with van der Waals surface area (Å²) in [7, 11) is 0. The standard InChI is InChI=1S/C31H26N4O4/c1-3-5-16-35-30(38)33-29(37)31(35,26-9-7-23(8-10-26)24-12-14-32-15-13-24)21-34-19-25-18-22(20-39-17-4-2)6-11-27(25)28(34)36/h6-15,18-19,36H,16,20-21H2,1-2H3,(H,33,37,38)/t31-/m0/s1. The molecular formula is C31H26N4O4. The Kier molecular flexibility index (Phi) is 6.94. The molecular weight excluding hydrogens is 492 g/mol. The Bertz CT molecular complexity index is 1670. The van der Waals surface area contributed by atoms with Crippen molar-refractivity contribution < 1.29 is 19.4 Å². The van der Waals surface area contributed by atoms with Crippen molar-refractivity contribution in [1.82, 2.24) is 19.8 Å². The Balaban J connectivity index is 1.59. The van der Waals surface area contributed by atoms with Gasteiger partial charge in [-0.15, -0.1) is 5.92 Å². The van der Waals surface area contributed by atoms with Gasteiger partial charge in [-0.1, -0.05) is 42.2 Å². The molecule has 1 fully saturated rings. The number of hydrogen-bond acceptors (Lipinski definition) is 5. The molecule has 0 aliphatic carbocycles. The van der Waals surface area contributed by atoms with Crippen LogP contribution in [0, 0.1) is 23.9 Å². The van der Waals surface area contributed by atoms with E-state index in [0.717, 1.165) is 22.1 Å². The largest absolute Gasteiger partial charge is 0.494 e. The summed E-state index contributed by atoms with van der Waals surface area (Å²) < 4.78 is 6.91. The van der Waals surface area contributed by atoms with Crippen molar-refractivity contribution in [2.24, 2.45) is 0 Å². The van der Waals surface area contributed by atoms with Crippen molar-refractivity contribution in [3.05, 3.63) is 84.3 Å². The fourth-order valence-corrected chi connectivity index (χ4v) is 4.90. The van der Waals surface area contributed by atoms with Crippen LogP contribution < -0.4 is 5.32 Å². The normalized spacial score (nSPS) is 16.3. The van der Waals surface area contributed by atoms with Gasteiger partial charge < -0.3 is 14.4 Å². The molecule has 0 unspecified atom stereocenters. The topological polar surface area (TPSA) is 96.7 Å². The van der Waals surface area contributed by atoms with Gasteiger partial charge in [-0.2, -0.15) is 0 Å². The Morgan fingerprint density at radius 2 is 1.74 bits per heavy atom. The number of pyridine rings is 1. The maximum Gasteiger partial charge on any atom is 0.326 e. The van der Waals surface area contributed by atoms with E-state index in [-0.39, 0.29) is 19.0 Å². The summed E-state index contributed by atoms with van der Waals surface area (Å²) in [4.78, 5) is 32.1. The molecule has 3 amide bonds. The Hall–Kier alpha value is -5.21. The third-order valence-corrected chi connectivity index (χ3v) is 6.83. The summed E-state index contributed by atoms with van der Waals surface area (Å²) in [6.07, 6.45) is 7.78. The molecule has 3 heterocycles. The summed E-state index contributed by atoms with van der Waals surface area (Å²) >= 11 is 0. The van der Waals surface area contributed by atoms with Gasteiger partial charge in [0.15, 0.2) is 11.4 Å². The summed E-state index contributed by atoms with van der Waals surface area (Å²) in [5.74, 6) is 7.93. The van der Waals surface area contributed by atoms with E-state index in [1.165, 1.54) is 4.90 Å². The van der Waals surface area contributed by atoms with Gasteiger partial charge in [0, 0.05) is 36.3 Å². The average Bonchev–Trinajstić information content (AvgIpc) is 3.39. The van der Waals surface area contributed by atoms with Gasteiger partial charge in [0.05, 0.1) is 13.1 Å². The molecule has 0 radical (unpaired) electrons. The van der Waals surface area contributed by atoms with Crippen LogP contribution in [0.3, 0.4) is 0 Å². The number of aromatic hydroxyl groups is 1. The number of amides is 3. The molecule has 0 spiro atoms. The lowest BCUT2D eigenvalue weighted by Gasteiger charge is -2.35. The lowest BCUT2D eigenvalue weighted by Crippen LogP contribution is -2.50. The van der Waals surface area contributed by atoms with Gasteiger partial charge in [0.2, 0.25) is 0 Å². The fraction of sp³-hybridized carbons (Fsp3) is 0.194. The van der Waals surface area contributed by atoms with Crippen molar-refractivity contribution in [2.45, 2.75) is 32.5 Å². The molecule has 2 N–H and O–H groups in total. The Morgan fingerprint density at radius 1 is 1.00 bits per heavy atom. The number of nitrogens with zero attached hydrogens (tertiary/aromatic N) is 3. The fourth-order valence-electron chi connectivity index (χ4n) is 4.90. The highest BCUT2D eigenvalue weighted by molar-refractivity contribution is 6.07. The number of carbonyl (C=O) groups excluding carboxylic acids is 2. The van der Waals surface area contributed by atoms with Crippen LogP contribution >= 0.6 is 0 Å².